The minimum atomic E-state index is -0.546. The summed E-state index contributed by atoms with van der Waals surface area (Å²) in [6.07, 6.45) is 0. The Morgan fingerprint density at radius 2 is 2.18 bits per heavy atom. The normalized spacial score (nSPS) is 10.4. The predicted molar refractivity (Wildman–Crippen MR) is 67.6 cm³/mol. The highest BCUT2D eigenvalue weighted by molar-refractivity contribution is 7.07. The second kappa shape index (κ2) is 4.42. The number of amides is 1. The molecule has 0 fully saturated rings. The number of hydrogen-bond donors (Lipinski definition) is 2. The molecule has 0 aliphatic rings. The molecule has 88 valence electrons. The molecule has 0 atom stereocenters. The van der Waals surface area contributed by atoms with E-state index >= 15 is 0 Å². The quantitative estimate of drug-likeness (QED) is 0.782. The Balaban J connectivity index is 2.52. The fourth-order valence-electron chi connectivity index (χ4n) is 1.56. The SMILES string of the molecule is NC(=O)Cn1c(-c2cccc(N)c2)csc1=O. The summed E-state index contributed by atoms with van der Waals surface area (Å²) in [5.41, 5.74) is 12.8. The molecule has 1 heterocycles. The van der Waals surface area contributed by atoms with Gasteiger partial charge in [0.2, 0.25) is 5.91 Å². The van der Waals surface area contributed by atoms with Gasteiger partial charge in [-0.05, 0) is 12.1 Å². The first-order valence-corrected chi connectivity index (χ1v) is 5.78. The average molecular weight is 249 g/mol. The number of carbonyl (C=O) groups is 1. The van der Waals surface area contributed by atoms with Crippen LogP contribution in [0.4, 0.5) is 5.69 Å². The fourth-order valence-corrected chi connectivity index (χ4v) is 2.33. The topological polar surface area (TPSA) is 91.1 Å². The molecule has 0 aliphatic heterocycles. The van der Waals surface area contributed by atoms with Gasteiger partial charge in [0.05, 0.1) is 5.69 Å². The summed E-state index contributed by atoms with van der Waals surface area (Å²) in [5.74, 6) is -0.546. The van der Waals surface area contributed by atoms with Gasteiger partial charge in [-0.25, -0.2) is 0 Å². The molecule has 1 amide bonds. The average Bonchev–Trinajstić information content (AvgIpc) is 2.60. The van der Waals surface area contributed by atoms with Gasteiger partial charge in [0.1, 0.15) is 6.54 Å². The molecule has 0 saturated carbocycles. The Morgan fingerprint density at radius 1 is 1.41 bits per heavy atom. The van der Waals surface area contributed by atoms with Gasteiger partial charge in [0.15, 0.2) is 0 Å². The van der Waals surface area contributed by atoms with Crippen LogP contribution in [-0.4, -0.2) is 10.5 Å². The highest BCUT2D eigenvalue weighted by atomic mass is 32.1. The molecule has 0 spiro atoms. The van der Waals surface area contributed by atoms with E-state index in [0.717, 1.165) is 16.9 Å². The van der Waals surface area contributed by atoms with Crippen LogP contribution in [0.5, 0.6) is 0 Å². The van der Waals surface area contributed by atoms with E-state index in [-0.39, 0.29) is 11.4 Å². The Kier molecular flexibility index (Phi) is 2.97. The number of hydrogen-bond acceptors (Lipinski definition) is 4. The number of anilines is 1. The number of nitrogens with two attached hydrogens (primary N) is 2. The Labute approximate surface area is 101 Å². The molecule has 2 rings (SSSR count). The molecule has 0 aliphatic carbocycles. The molecule has 1 aromatic heterocycles. The molecule has 2 aromatic rings. The number of carbonyl (C=O) groups excluding carboxylic acids is 1. The van der Waals surface area contributed by atoms with E-state index in [4.69, 9.17) is 11.5 Å². The summed E-state index contributed by atoms with van der Waals surface area (Å²) in [6.45, 7) is -0.119. The lowest BCUT2D eigenvalue weighted by atomic mass is 10.1. The molecular weight excluding hydrogens is 238 g/mol. The fraction of sp³-hybridized carbons (Fsp3) is 0.0909. The van der Waals surface area contributed by atoms with Crippen molar-refractivity contribution in [1.82, 2.24) is 4.57 Å². The van der Waals surface area contributed by atoms with Gasteiger partial charge in [0.25, 0.3) is 0 Å². The van der Waals surface area contributed by atoms with Crippen LogP contribution in [0.3, 0.4) is 0 Å². The van der Waals surface area contributed by atoms with Crippen LogP contribution in [0.15, 0.2) is 34.4 Å². The van der Waals surface area contributed by atoms with E-state index in [0.29, 0.717) is 11.4 Å². The van der Waals surface area contributed by atoms with E-state index in [1.165, 1.54) is 4.57 Å². The summed E-state index contributed by atoms with van der Waals surface area (Å²) < 4.78 is 1.35. The first-order valence-electron chi connectivity index (χ1n) is 4.90. The van der Waals surface area contributed by atoms with Gasteiger partial charge in [-0.15, -0.1) is 0 Å². The Morgan fingerprint density at radius 3 is 2.82 bits per heavy atom. The lowest BCUT2D eigenvalue weighted by Gasteiger charge is -2.05. The van der Waals surface area contributed by atoms with Gasteiger partial charge in [0, 0.05) is 16.6 Å². The summed E-state index contributed by atoms with van der Waals surface area (Å²) in [5, 5.41) is 1.69. The molecule has 1 aromatic carbocycles. The lowest BCUT2D eigenvalue weighted by Crippen LogP contribution is -2.25. The van der Waals surface area contributed by atoms with Gasteiger partial charge < -0.3 is 11.5 Å². The third-order valence-corrected chi connectivity index (χ3v) is 3.04. The van der Waals surface area contributed by atoms with Crippen molar-refractivity contribution >= 4 is 22.9 Å². The van der Waals surface area contributed by atoms with Crippen molar-refractivity contribution in [1.29, 1.82) is 0 Å². The zero-order valence-corrected chi connectivity index (χ0v) is 9.74. The maximum absolute atomic E-state index is 11.6. The van der Waals surface area contributed by atoms with Crippen LogP contribution in [0.2, 0.25) is 0 Å². The molecular formula is C11H11N3O2S. The van der Waals surface area contributed by atoms with E-state index in [1.54, 1.807) is 23.6 Å². The second-order valence-electron chi connectivity index (χ2n) is 3.56. The van der Waals surface area contributed by atoms with Gasteiger partial charge >= 0.3 is 4.87 Å². The van der Waals surface area contributed by atoms with Gasteiger partial charge in [-0.2, -0.15) is 0 Å². The zero-order chi connectivity index (χ0) is 12.4. The summed E-state index contributed by atoms with van der Waals surface area (Å²) in [7, 11) is 0. The van der Waals surface area contributed by atoms with Crippen molar-refractivity contribution in [2.45, 2.75) is 6.54 Å². The Bertz CT molecular complexity index is 615. The van der Waals surface area contributed by atoms with Crippen molar-refractivity contribution in [3.63, 3.8) is 0 Å². The first-order chi connectivity index (χ1) is 8.08. The summed E-state index contributed by atoms with van der Waals surface area (Å²) >= 11 is 1.03. The van der Waals surface area contributed by atoms with Crippen molar-refractivity contribution in [2.75, 3.05) is 5.73 Å². The molecule has 0 unspecified atom stereocenters. The maximum atomic E-state index is 11.6. The highest BCUT2D eigenvalue weighted by Gasteiger charge is 2.10. The van der Waals surface area contributed by atoms with Crippen LogP contribution >= 0.6 is 11.3 Å². The van der Waals surface area contributed by atoms with Gasteiger partial charge in [-0.1, -0.05) is 23.5 Å². The second-order valence-corrected chi connectivity index (χ2v) is 4.39. The lowest BCUT2D eigenvalue weighted by molar-refractivity contribution is -0.118. The predicted octanol–water partition coefficient (Wildman–Crippen LogP) is 0.644. The molecule has 6 heteroatoms. The van der Waals surface area contributed by atoms with Crippen LogP contribution in [-0.2, 0) is 11.3 Å². The highest BCUT2D eigenvalue weighted by Crippen LogP contribution is 2.21. The maximum Gasteiger partial charge on any atom is 0.308 e. The van der Waals surface area contributed by atoms with Crippen LogP contribution in [0, 0.1) is 0 Å². The summed E-state index contributed by atoms with van der Waals surface area (Å²) in [6, 6.07) is 7.13. The van der Waals surface area contributed by atoms with Crippen molar-refractivity contribution in [3.05, 3.63) is 39.3 Å². The number of nitrogen functional groups attached to an aromatic ring is 1. The third-order valence-electron chi connectivity index (χ3n) is 2.28. The molecule has 5 nitrogen and oxygen atoms in total. The Hall–Kier alpha value is -2.08. The number of thiazole rings is 1. The molecule has 0 radical (unpaired) electrons. The standard InChI is InChI=1S/C11H11N3O2S/c12-8-3-1-2-7(4-8)9-6-17-11(16)14(9)5-10(13)15/h1-4,6H,5,12H2,(H2,13,15). The number of aromatic nitrogens is 1. The molecule has 17 heavy (non-hydrogen) atoms. The number of benzene rings is 1. The van der Waals surface area contributed by atoms with Crippen molar-refractivity contribution in [2.24, 2.45) is 5.73 Å². The van der Waals surface area contributed by atoms with Crippen LogP contribution in [0.1, 0.15) is 0 Å². The third kappa shape index (κ3) is 2.36. The largest absolute Gasteiger partial charge is 0.399 e. The minimum Gasteiger partial charge on any atom is -0.399 e. The van der Waals surface area contributed by atoms with Crippen LogP contribution < -0.4 is 16.3 Å². The van der Waals surface area contributed by atoms with E-state index < -0.39 is 5.91 Å². The molecule has 4 N–H and O–H groups in total. The molecule has 0 bridgehead atoms. The van der Waals surface area contributed by atoms with E-state index in [9.17, 15) is 9.59 Å². The minimum absolute atomic E-state index is 0.119. The number of primary amides is 1. The zero-order valence-electron chi connectivity index (χ0n) is 8.92. The number of rotatable bonds is 3. The number of nitrogens with zero attached hydrogens (tertiary/aromatic N) is 1. The van der Waals surface area contributed by atoms with Gasteiger partial charge in [-0.3, -0.25) is 14.2 Å². The smallest absolute Gasteiger partial charge is 0.308 e. The van der Waals surface area contributed by atoms with Crippen molar-refractivity contribution < 1.29 is 4.79 Å². The molecule has 0 saturated heterocycles. The van der Waals surface area contributed by atoms with E-state index in [1.807, 2.05) is 6.07 Å². The summed E-state index contributed by atoms with van der Waals surface area (Å²) in [4.78, 5) is 22.3. The first kappa shape index (κ1) is 11.4. The van der Waals surface area contributed by atoms with Crippen molar-refractivity contribution in [3.8, 4) is 11.3 Å². The van der Waals surface area contributed by atoms with Crippen LogP contribution in [0.25, 0.3) is 11.3 Å². The van der Waals surface area contributed by atoms with E-state index in [2.05, 4.69) is 0 Å². The monoisotopic (exact) mass is 249 g/mol.